The topological polar surface area (TPSA) is 26.0 Å². The zero-order valence-electron chi connectivity index (χ0n) is 9.51. The van der Waals surface area contributed by atoms with Crippen molar-refractivity contribution in [1.29, 1.82) is 0 Å². The summed E-state index contributed by atoms with van der Waals surface area (Å²) in [6, 6.07) is 10.6. The Labute approximate surface area is 104 Å². The summed E-state index contributed by atoms with van der Waals surface area (Å²) in [5.74, 6) is 0.783. The lowest BCUT2D eigenvalue weighted by atomic mass is 9.87. The van der Waals surface area contributed by atoms with Crippen molar-refractivity contribution in [2.24, 2.45) is 11.7 Å². The van der Waals surface area contributed by atoms with Crippen molar-refractivity contribution in [1.82, 2.24) is 0 Å². The SMILES string of the molecule is Cl.NC(CC1CC=CCC1)c1ccccc1. The predicted molar refractivity (Wildman–Crippen MR) is 71.7 cm³/mol. The predicted octanol–water partition coefficient (Wildman–Crippen LogP) is 3.85. The molecule has 1 aromatic carbocycles. The third-order valence-corrected chi connectivity index (χ3v) is 3.19. The zero-order valence-corrected chi connectivity index (χ0v) is 10.3. The largest absolute Gasteiger partial charge is 0.324 e. The van der Waals surface area contributed by atoms with E-state index in [2.05, 4.69) is 36.4 Å². The van der Waals surface area contributed by atoms with E-state index in [4.69, 9.17) is 5.73 Å². The highest BCUT2D eigenvalue weighted by Gasteiger charge is 2.14. The molecule has 88 valence electrons. The van der Waals surface area contributed by atoms with Crippen LogP contribution in [0.25, 0.3) is 0 Å². The third-order valence-electron chi connectivity index (χ3n) is 3.19. The molecule has 1 aliphatic carbocycles. The molecule has 2 atom stereocenters. The summed E-state index contributed by atoms with van der Waals surface area (Å²) in [6.45, 7) is 0. The van der Waals surface area contributed by atoms with Crippen LogP contribution in [0.1, 0.15) is 37.3 Å². The molecular weight excluding hydrogens is 218 g/mol. The molecule has 0 amide bonds. The molecule has 0 saturated carbocycles. The van der Waals surface area contributed by atoms with Crippen LogP contribution in [-0.4, -0.2) is 0 Å². The molecule has 0 spiro atoms. The molecule has 2 rings (SSSR count). The fourth-order valence-electron chi connectivity index (χ4n) is 2.27. The smallest absolute Gasteiger partial charge is 0.0297 e. The van der Waals surface area contributed by atoms with Gasteiger partial charge < -0.3 is 5.73 Å². The summed E-state index contributed by atoms with van der Waals surface area (Å²) in [5.41, 5.74) is 7.47. The van der Waals surface area contributed by atoms with Crippen molar-refractivity contribution in [3.63, 3.8) is 0 Å². The van der Waals surface area contributed by atoms with Crippen LogP contribution in [0.4, 0.5) is 0 Å². The number of allylic oxidation sites excluding steroid dienone is 2. The number of benzene rings is 1. The number of nitrogens with two attached hydrogens (primary N) is 1. The van der Waals surface area contributed by atoms with Gasteiger partial charge in [-0.05, 0) is 37.2 Å². The van der Waals surface area contributed by atoms with E-state index in [9.17, 15) is 0 Å². The first-order valence-corrected chi connectivity index (χ1v) is 5.82. The van der Waals surface area contributed by atoms with E-state index >= 15 is 0 Å². The van der Waals surface area contributed by atoms with Gasteiger partial charge in [-0.1, -0.05) is 42.5 Å². The standard InChI is InChI=1S/C14H19N.ClH/c15-14(13-9-5-2-6-10-13)11-12-7-3-1-4-8-12;/h1-3,5-6,9-10,12,14H,4,7-8,11,15H2;1H. The Balaban J connectivity index is 0.00000128. The summed E-state index contributed by atoms with van der Waals surface area (Å²) in [5, 5.41) is 0. The summed E-state index contributed by atoms with van der Waals surface area (Å²) in [6.07, 6.45) is 9.44. The first-order valence-electron chi connectivity index (χ1n) is 5.82. The van der Waals surface area contributed by atoms with E-state index in [1.807, 2.05) is 6.07 Å². The molecule has 0 radical (unpaired) electrons. The normalized spacial score (nSPS) is 21.2. The number of hydrogen-bond donors (Lipinski definition) is 1. The first-order chi connectivity index (χ1) is 7.36. The van der Waals surface area contributed by atoms with Crippen LogP contribution in [0, 0.1) is 5.92 Å². The molecule has 0 heterocycles. The molecule has 0 aromatic heterocycles. The Bertz CT molecular complexity index is 321. The molecule has 2 N–H and O–H groups in total. The summed E-state index contributed by atoms with van der Waals surface area (Å²) in [7, 11) is 0. The molecule has 1 aromatic rings. The maximum Gasteiger partial charge on any atom is 0.0297 e. The number of halogens is 1. The summed E-state index contributed by atoms with van der Waals surface area (Å²) < 4.78 is 0. The Kier molecular flexibility index (Phi) is 5.58. The Morgan fingerprint density at radius 2 is 1.94 bits per heavy atom. The van der Waals surface area contributed by atoms with E-state index in [0.717, 1.165) is 12.3 Å². The van der Waals surface area contributed by atoms with Crippen molar-refractivity contribution in [2.75, 3.05) is 0 Å². The van der Waals surface area contributed by atoms with Gasteiger partial charge >= 0.3 is 0 Å². The maximum absolute atomic E-state index is 6.20. The van der Waals surface area contributed by atoms with Crippen LogP contribution in [0.3, 0.4) is 0 Å². The van der Waals surface area contributed by atoms with Crippen LogP contribution >= 0.6 is 12.4 Å². The van der Waals surface area contributed by atoms with Gasteiger partial charge in [0.05, 0.1) is 0 Å². The monoisotopic (exact) mass is 237 g/mol. The second-order valence-corrected chi connectivity index (χ2v) is 4.40. The summed E-state index contributed by atoms with van der Waals surface area (Å²) in [4.78, 5) is 0. The molecule has 0 fully saturated rings. The van der Waals surface area contributed by atoms with E-state index in [1.54, 1.807) is 0 Å². The van der Waals surface area contributed by atoms with E-state index in [-0.39, 0.29) is 18.4 Å². The van der Waals surface area contributed by atoms with Gasteiger partial charge in [-0.2, -0.15) is 0 Å². The molecule has 1 nitrogen and oxygen atoms in total. The Morgan fingerprint density at radius 1 is 1.19 bits per heavy atom. The van der Waals surface area contributed by atoms with Crippen molar-refractivity contribution in [2.45, 2.75) is 31.7 Å². The average Bonchev–Trinajstić information content (AvgIpc) is 2.31. The maximum atomic E-state index is 6.20. The van der Waals surface area contributed by atoms with E-state index in [1.165, 1.54) is 24.8 Å². The van der Waals surface area contributed by atoms with Crippen molar-refractivity contribution >= 4 is 12.4 Å². The van der Waals surface area contributed by atoms with Crippen LogP contribution in [0.2, 0.25) is 0 Å². The van der Waals surface area contributed by atoms with E-state index in [0.29, 0.717) is 0 Å². The van der Waals surface area contributed by atoms with Crippen LogP contribution in [-0.2, 0) is 0 Å². The van der Waals surface area contributed by atoms with Crippen molar-refractivity contribution < 1.29 is 0 Å². The molecule has 16 heavy (non-hydrogen) atoms. The van der Waals surface area contributed by atoms with Crippen LogP contribution in [0.15, 0.2) is 42.5 Å². The van der Waals surface area contributed by atoms with E-state index < -0.39 is 0 Å². The van der Waals surface area contributed by atoms with Crippen molar-refractivity contribution in [3.8, 4) is 0 Å². The van der Waals surface area contributed by atoms with Gasteiger partial charge in [-0.25, -0.2) is 0 Å². The fraction of sp³-hybridized carbons (Fsp3) is 0.429. The van der Waals surface area contributed by atoms with Crippen LogP contribution in [0.5, 0.6) is 0 Å². The molecule has 2 heteroatoms. The summed E-state index contributed by atoms with van der Waals surface area (Å²) >= 11 is 0. The second kappa shape index (κ2) is 6.72. The van der Waals surface area contributed by atoms with Gasteiger partial charge in [-0.3, -0.25) is 0 Å². The highest BCUT2D eigenvalue weighted by Crippen LogP contribution is 2.27. The molecule has 0 aliphatic heterocycles. The zero-order chi connectivity index (χ0) is 10.5. The van der Waals surface area contributed by atoms with Gasteiger partial charge in [0.2, 0.25) is 0 Å². The van der Waals surface area contributed by atoms with Gasteiger partial charge in [-0.15, -0.1) is 12.4 Å². The van der Waals surface area contributed by atoms with Crippen molar-refractivity contribution in [3.05, 3.63) is 48.0 Å². The van der Waals surface area contributed by atoms with Gasteiger partial charge in [0.25, 0.3) is 0 Å². The molecule has 2 unspecified atom stereocenters. The molecular formula is C14H20ClN. The van der Waals surface area contributed by atoms with Gasteiger partial charge in [0.1, 0.15) is 0 Å². The van der Waals surface area contributed by atoms with Gasteiger partial charge in [0, 0.05) is 6.04 Å². The van der Waals surface area contributed by atoms with Crippen LogP contribution < -0.4 is 5.73 Å². The number of rotatable bonds is 3. The lowest BCUT2D eigenvalue weighted by Gasteiger charge is -2.21. The highest BCUT2D eigenvalue weighted by molar-refractivity contribution is 5.85. The molecule has 0 bridgehead atoms. The minimum atomic E-state index is 0. The quantitative estimate of drug-likeness (QED) is 0.794. The fourth-order valence-corrected chi connectivity index (χ4v) is 2.27. The minimum Gasteiger partial charge on any atom is -0.324 e. The lowest BCUT2D eigenvalue weighted by Crippen LogP contribution is -2.16. The Morgan fingerprint density at radius 3 is 2.56 bits per heavy atom. The minimum absolute atomic E-state index is 0. The average molecular weight is 238 g/mol. The highest BCUT2D eigenvalue weighted by atomic mass is 35.5. The number of hydrogen-bond acceptors (Lipinski definition) is 1. The molecule has 0 saturated heterocycles. The lowest BCUT2D eigenvalue weighted by molar-refractivity contribution is 0.407. The Hall–Kier alpha value is -0.790. The van der Waals surface area contributed by atoms with Gasteiger partial charge in [0.15, 0.2) is 0 Å². The second-order valence-electron chi connectivity index (χ2n) is 4.40. The first kappa shape index (κ1) is 13.3. The third kappa shape index (κ3) is 3.66. The molecule has 1 aliphatic rings.